The first-order chi connectivity index (χ1) is 9.80. The Morgan fingerprint density at radius 1 is 1.24 bits per heavy atom. The summed E-state index contributed by atoms with van der Waals surface area (Å²) in [7, 11) is 0. The van der Waals surface area contributed by atoms with E-state index in [0.717, 1.165) is 19.3 Å². The van der Waals surface area contributed by atoms with Crippen LogP contribution in [0.2, 0.25) is 0 Å². The van der Waals surface area contributed by atoms with Crippen molar-refractivity contribution in [2.75, 3.05) is 6.54 Å². The van der Waals surface area contributed by atoms with E-state index < -0.39 is 30.7 Å². The highest BCUT2D eigenvalue weighted by molar-refractivity contribution is 5.99. The molecule has 1 aliphatic heterocycles. The third-order valence-electron chi connectivity index (χ3n) is 4.52. The highest BCUT2D eigenvalue weighted by atomic mass is 19.4. The number of hydrogen-bond acceptors (Lipinski definition) is 2. The highest BCUT2D eigenvalue weighted by Gasteiger charge is 2.52. The van der Waals surface area contributed by atoms with Crippen molar-refractivity contribution < 1.29 is 22.8 Å². The molecule has 0 aromatic carbocycles. The minimum Gasteiger partial charge on any atom is -0.342 e. The van der Waals surface area contributed by atoms with Gasteiger partial charge in [0.1, 0.15) is 11.6 Å². The second-order valence-corrected chi connectivity index (χ2v) is 5.88. The predicted molar refractivity (Wildman–Crippen MR) is 70.4 cm³/mol. The zero-order chi connectivity index (χ0) is 15.7. The Balaban J connectivity index is 2.26. The normalized spacial score (nSPS) is 26.1. The third-order valence-corrected chi connectivity index (χ3v) is 4.52. The second kappa shape index (κ2) is 5.85. The van der Waals surface area contributed by atoms with Crippen molar-refractivity contribution in [2.45, 2.75) is 69.6 Å². The molecule has 0 bridgehead atoms. The van der Waals surface area contributed by atoms with Gasteiger partial charge in [-0.15, -0.1) is 0 Å². The lowest BCUT2D eigenvalue weighted by molar-refractivity contribution is -0.168. The lowest BCUT2D eigenvalue weighted by Gasteiger charge is -2.50. The van der Waals surface area contributed by atoms with Crippen LogP contribution in [0.4, 0.5) is 13.2 Å². The number of carbonyl (C=O) groups excluding carboxylic acids is 2. The fraction of sp³-hybridized carbons (Fsp3) is 0.857. The Bertz CT molecular complexity index is 417. The van der Waals surface area contributed by atoms with Gasteiger partial charge < -0.3 is 10.2 Å². The van der Waals surface area contributed by atoms with E-state index in [1.807, 2.05) is 0 Å². The van der Waals surface area contributed by atoms with Crippen LogP contribution < -0.4 is 5.32 Å². The summed E-state index contributed by atoms with van der Waals surface area (Å²) in [6, 6.07) is -0.696. The minimum atomic E-state index is -4.33. The molecule has 0 radical (unpaired) electrons. The van der Waals surface area contributed by atoms with Gasteiger partial charge in [0.25, 0.3) is 0 Å². The van der Waals surface area contributed by atoms with Gasteiger partial charge in [0.05, 0.1) is 6.42 Å². The van der Waals surface area contributed by atoms with Crippen molar-refractivity contribution in [3.8, 4) is 0 Å². The lowest BCUT2D eigenvalue weighted by Crippen LogP contribution is -2.71. The summed E-state index contributed by atoms with van der Waals surface area (Å²) < 4.78 is 37.6. The molecule has 1 aliphatic carbocycles. The molecule has 1 spiro atoms. The van der Waals surface area contributed by atoms with Crippen LogP contribution in [0.25, 0.3) is 0 Å². The standard InChI is InChI=1S/C14H21F3N2O2/c1-2-10-11(20)19(9-8-14(15,16)17)13(12(21)18-10)6-4-3-5-7-13/h10H,2-9H2,1H3,(H,18,21). The summed E-state index contributed by atoms with van der Waals surface area (Å²) in [6.45, 7) is 1.32. The SMILES string of the molecule is CCC1NC(=O)C2(CCCCC2)N(CCC(F)(F)F)C1=O. The van der Waals surface area contributed by atoms with Gasteiger partial charge in [0.2, 0.25) is 11.8 Å². The summed E-state index contributed by atoms with van der Waals surface area (Å²) in [5, 5.41) is 2.69. The minimum absolute atomic E-state index is 0.282. The van der Waals surface area contributed by atoms with Crippen molar-refractivity contribution in [3.63, 3.8) is 0 Å². The maximum Gasteiger partial charge on any atom is 0.390 e. The number of carbonyl (C=O) groups is 2. The van der Waals surface area contributed by atoms with E-state index in [9.17, 15) is 22.8 Å². The molecular formula is C14H21F3N2O2. The quantitative estimate of drug-likeness (QED) is 0.870. The molecule has 1 atom stereocenters. The number of alkyl halides is 3. The molecule has 21 heavy (non-hydrogen) atoms. The molecule has 7 heteroatoms. The van der Waals surface area contributed by atoms with Crippen LogP contribution in [0, 0.1) is 0 Å². The number of rotatable bonds is 3. The van der Waals surface area contributed by atoms with Crippen LogP contribution in [-0.4, -0.2) is 41.0 Å². The first-order valence-electron chi connectivity index (χ1n) is 7.49. The molecular weight excluding hydrogens is 285 g/mol. The van der Waals surface area contributed by atoms with Crippen molar-refractivity contribution in [2.24, 2.45) is 0 Å². The van der Waals surface area contributed by atoms with E-state index in [4.69, 9.17) is 0 Å². The van der Waals surface area contributed by atoms with Gasteiger partial charge in [-0.25, -0.2) is 0 Å². The van der Waals surface area contributed by atoms with Gasteiger partial charge >= 0.3 is 6.18 Å². The predicted octanol–water partition coefficient (Wildman–Crippen LogP) is 2.38. The molecule has 2 aliphatic rings. The Morgan fingerprint density at radius 3 is 2.38 bits per heavy atom. The fourth-order valence-corrected chi connectivity index (χ4v) is 3.35. The van der Waals surface area contributed by atoms with Gasteiger partial charge in [-0.2, -0.15) is 13.2 Å². The van der Waals surface area contributed by atoms with Gasteiger partial charge in [0, 0.05) is 6.54 Å². The number of amides is 2. The van der Waals surface area contributed by atoms with Crippen LogP contribution >= 0.6 is 0 Å². The largest absolute Gasteiger partial charge is 0.390 e. The monoisotopic (exact) mass is 306 g/mol. The van der Waals surface area contributed by atoms with E-state index in [1.165, 1.54) is 4.90 Å². The van der Waals surface area contributed by atoms with E-state index in [-0.39, 0.29) is 11.8 Å². The van der Waals surface area contributed by atoms with Gasteiger partial charge in [-0.1, -0.05) is 26.2 Å². The van der Waals surface area contributed by atoms with Crippen molar-refractivity contribution in [1.82, 2.24) is 10.2 Å². The lowest BCUT2D eigenvalue weighted by atomic mass is 9.77. The summed E-state index contributed by atoms with van der Waals surface area (Å²) in [4.78, 5) is 26.1. The molecule has 0 aromatic heterocycles. The van der Waals surface area contributed by atoms with Gasteiger partial charge in [-0.05, 0) is 19.3 Å². The zero-order valence-electron chi connectivity index (χ0n) is 12.1. The summed E-state index contributed by atoms with van der Waals surface area (Å²) in [5.74, 6) is -0.654. The van der Waals surface area contributed by atoms with Gasteiger partial charge in [0.15, 0.2) is 0 Å². The van der Waals surface area contributed by atoms with Crippen LogP contribution in [0.5, 0.6) is 0 Å². The van der Waals surface area contributed by atoms with Gasteiger partial charge in [-0.3, -0.25) is 9.59 Å². The summed E-state index contributed by atoms with van der Waals surface area (Å²) >= 11 is 0. The van der Waals surface area contributed by atoms with Crippen LogP contribution in [-0.2, 0) is 9.59 Å². The van der Waals surface area contributed by atoms with Crippen LogP contribution in [0.1, 0.15) is 51.9 Å². The van der Waals surface area contributed by atoms with E-state index in [0.29, 0.717) is 19.3 Å². The maximum absolute atomic E-state index is 12.5. The molecule has 1 unspecified atom stereocenters. The molecule has 2 rings (SSSR count). The first kappa shape index (κ1) is 16.1. The number of nitrogens with zero attached hydrogens (tertiary/aromatic N) is 1. The Hall–Kier alpha value is -1.27. The van der Waals surface area contributed by atoms with E-state index in [2.05, 4.69) is 5.32 Å². The number of halogens is 3. The Labute approximate surface area is 122 Å². The summed E-state index contributed by atoms with van der Waals surface area (Å²) in [6.07, 6.45) is -1.61. The van der Waals surface area contributed by atoms with Crippen molar-refractivity contribution >= 4 is 11.8 Å². The van der Waals surface area contributed by atoms with E-state index >= 15 is 0 Å². The number of hydrogen-bond donors (Lipinski definition) is 1. The summed E-state index contributed by atoms with van der Waals surface area (Å²) in [5.41, 5.74) is -1.06. The molecule has 120 valence electrons. The molecule has 2 amide bonds. The topological polar surface area (TPSA) is 49.4 Å². The number of piperazine rings is 1. The molecule has 0 aromatic rings. The van der Waals surface area contributed by atoms with Crippen LogP contribution in [0.3, 0.4) is 0 Å². The molecule has 1 saturated carbocycles. The van der Waals surface area contributed by atoms with Crippen molar-refractivity contribution in [3.05, 3.63) is 0 Å². The molecule has 1 N–H and O–H groups in total. The smallest absolute Gasteiger partial charge is 0.342 e. The molecule has 4 nitrogen and oxygen atoms in total. The Kier molecular flexibility index (Phi) is 4.49. The van der Waals surface area contributed by atoms with Crippen molar-refractivity contribution in [1.29, 1.82) is 0 Å². The highest BCUT2D eigenvalue weighted by Crippen LogP contribution is 2.38. The molecule has 1 heterocycles. The average Bonchev–Trinajstić information content (AvgIpc) is 2.43. The maximum atomic E-state index is 12.5. The van der Waals surface area contributed by atoms with Crippen LogP contribution in [0.15, 0.2) is 0 Å². The average molecular weight is 306 g/mol. The van der Waals surface area contributed by atoms with E-state index in [1.54, 1.807) is 6.92 Å². The first-order valence-corrected chi connectivity index (χ1v) is 7.49. The number of nitrogens with one attached hydrogen (secondary N) is 1. The third kappa shape index (κ3) is 3.16. The zero-order valence-corrected chi connectivity index (χ0v) is 12.1. The molecule has 2 fully saturated rings. The molecule has 1 saturated heterocycles. The Morgan fingerprint density at radius 2 is 1.86 bits per heavy atom. The second-order valence-electron chi connectivity index (χ2n) is 5.88. The fourth-order valence-electron chi connectivity index (χ4n) is 3.35.